The molecule has 0 aliphatic carbocycles. The van der Waals surface area contributed by atoms with Crippen molar-refractivity contribution < 1.29 is 26.3 Å². The highest BCUT2D eigenvalue weighted by Gasteiger charge is 2.43. The molecule has 2 aliphatic heterocycles. The van der Waals surface area contributed by atoms with Crippen LogP contribution in [0.15, 0.2) is 96.9 Å². The van der Waals surface area contributed by atoms with E-state index in [2.05, 4.69) is 0 Å². The Labute approximate surface area is 180 Å². The average Bonchev–Trinajstić information content (AvgIpc) is 3.38. The van der Waals surface area contributed by atoms with Gasteiger partial charge in [0.15, 0.2) is 0 Å². The number of alkyl halides is 6. The molecule has 0 bridgehead atoms. The predicted octanol–water partition coefficient (Wildman–Crippen LogP) is 5.82. The average molecular weight is 452 g/mol. The Bertz CT molecular complexity index is 944. The van der Waals surface area contributed by atoms with Gasteiger partial charge in [0.25, 0.3) is 0 Å². The Morgan fingerprint density at radius 2 is 0.906 bits per heavy atom. The van der Waals surface area contributed by atoms with Gasteiger partial charge in [0.05, 0.1) is 13.3 Å². The van der Waals surface area contributed by atoms with Crippen LogP contribution in [-0.4, -0.2) is 35.5 Å². The molecule has 2 aromatic rings. The number of halogens is 6. The highest BCUT2D eigenvalue weighted by molar-refractivity contribution is 5.53. The summed E-state index contributed by atoms with van der Waals surface area (Å²) >= 11 is 0. The van der Waals surface area contributed by atoms with Gasteiger partial charge in [-0.15, -0.1) is 0 Å². The van der Waals surface area contributed by atoms with E-state index in [0.717, 1.165) is 34.6 Å². The summed E-state index contributed by atoms with van der Waals surface area (Å²) in [5, 5.41) is 0. The first kappa shape index (κ1) is 21.7. The molecule has 0 unspecified atom stereocenters. The molecule has 2 aromatic carbocycles. The molecule has 4 nitrogen and oxygen atoms in total. The van der Waals surface area contributed by atoms with Crippen molar-refractivity contribution in [3.05, 3.63) is 96.9 Å². The maximum Gasteiger partial charge on any atom is 0.432 e. The Balaban J connectivity index is 1.58. The zero-order chi connectivity index (χ0) is 22.9. The lowest BCUT2D eigenvalue weighted by Crippen LogP contribution is -2.30. The smallest absolute Gasteiger partial charge is 0.327 e. The van der Waals surface area contributed by atoms with Crippen molar-refractivity contribution in [3.63, 3.8) is 0 Å². The Morgan fingerprint density at radius 1 is 0.562 bits per heavy atom. The number of hydrogen-bond acceptors (Lipinski definition) is 4. The molecule has 0 N–H and O–H groups in total. The molecule has 0 aromatic heterocycles. The number of allylic oxidation sites excluding steroid dienone is 2. The van der Waals surface area contributed by atoms with E-state index in [-0.39, 0.29) is 13.3 Å². The van der Waals surface area contributed by atoms with Gasteiger partial charge in [-0.2, -0.15) is 26.3 Å². The fourth-order valence-corrected chi connectivity index (χ4v) is 3.45. The van der Waals surface area contributed by atoms with Gasteiger partial charge in [0, 0.05) is 36.2 Å². The molecule has 0 spiro atoms. The third-order valence-corrected chi connectivity index (χ3v) is 4.97. The third kappa shape index (κ3) is 4.53. The first-order valence-electron chi connectivity index (χ1n) is 9.56. The molecule has 2 heterocycles. The maximum atomic E-state index is 13.6. The van der Waals surface area contributed by atoms with Crippen molar-refractivity contribution in [1.29, 1.82) is 0 Å². The van der Waals surface area contributed by atoms with Gasteiger partial charge in [-0.1, -0.05) is 36.4 Å². The molecule has 4 rings (SSSR count). The van der Waals surface area contributed by atoms with Crippen molar-refractivity contribution in [2.75, 3.05) is 23.1 Å². The first-order chi connectivity index (χ1) is 15.1. The lowest BCUT2D eigenvalue weighted by molar-refractivity contribution is -0.107. The number of rotatable bonds is 4. The normalized spacial score (nSPS) is 17.4. The van der Waals surface area contributed by atoms with Crippen LogP contribution in [0.5, 0.6) is 0 Å². The molecule has 168 valence electrons. The maximum absolute atomic E-state index is 13.6. The van der Waals surface area contributed by atoms with Gasteiger partial charge in [-0.05, 0) is 24.3 Å². The Hall–Kier alpha value is -3.56. The van der Waals surface area contributed by atoms with E-state index in [9.17, 15) is 26.3 Å². The van der Waals surface area contributed by atoms with Crippen molar-refractivity contribution >= 4 is 11.4 Å². The van der Waals surface area contributed by atoms with Crippen molar-refractivity contribution in [2.45, 2.75) is 12.4 Å². The molecular formula is C22H18F6N4. The van der Waals surface area contributed by atoms with Crippen LogP contribution in [-0.2, 0) is 0 Å². The van der Waals surface area contributed by atoms with Gasteiger partial charge < -0.3 is 19.6 Å². The Morgan fingerprint density at radius 3 is 1.22 bits per heavy atom. The number of hydrogen-bond donors (Lipinski definition) is 0. The van der Waals surface area contributed by atoms with Gasteiger partial charge in [0.1, 0.15) is 11.4 Å². The lowest BCUT2D eigenvalue weighted by atomic mass is 10.3. The summed E-state index contributed by atoms with van der Waals surface area (Å²) in [5.41, 5.74) is -0.849. The van der Waals surface area contributed by atoms with Crippen LogP contribution in [0.2, 0.25) is 0 Å². The quantitative estimate of drug-likeness (QED) is 0.542. The van der Waals surface area contributed by atoms with Crippen molar-refractivity contribution in [1.82, 2.24) is 9.80 Å². The molecule has 10 heteroatoms. The summed E-state index contributed by atoms with van der Waals surface area (Å²) < 4.78 is 81.4. The van der Waals surface area contributed by atoms with E-state index in [1.165, 1.54) is 9.80 Å². The van der Waals surface area contributed by atoms with E-state index in [1.54, 1.807) is 60.7 Å². The standard InChI is InChI=1S/C22H18F6N4/c23-21(24,25)19-13-31(17-7-3-1-4-8-17)15-29(19)11-12-30-16-32(14-20(30)22(26,27)28)18-9-5-2-6-10-18/h1-14H,15-16H2/b12-11-. The topological polar surface area (TPSA) is 13.0 Å². The summed E-state index contributed by atoms with van der Waals surface area (Å²) in [4.78, 5) is 4.53. The second-order valence-electron chi connectivity index (χ2n) is 7.16. The van der Waals surface area contributed by atoms with Crippen LogP contribution in [0.4, 0.5) is 37.7 Å². The molecule has 2 aliphatic rings. The van der Waals surface area contributed by atoms with E-state index in [1.807, 2.05) is 0 Å². The highest BCUT2D eigenvalue weighted by Crippen LogP contribution is 2.37. The fraction of sp³-hybridized carbons (Fsp3) is 0.182. The van der Waals surface area contributed by atoms with Crippen LogP contribution in [0.25, 0.3) is 0 Å². The highest BCUT2D eigenvalue weighted by atomic mass is 19.4. The number of para-hydroxylation sites is 2. The van der Waals surface area contributed by atoms with Gasteiger partial charge in [0.2, 0.25) is 0 Å². The zero-order valence-electron chi connectivity index (χ0n) is 16.6. The van der Waals surface area contributed by atoms with Crippen LogP contribution in [0, 0.1) is 0 Å². The van der Waals surface area contributed by atoms with Gasteiger partial charge in [-0.25, -0.2) is 0 Å². The summed E-state index contributed by atoms with van der Waals surface area (Å²) in [6.07, 6.45) is -5.40. The molecule has 0 saturated heterocycles. The van der Waals surface area contributed by atoms with Crippen molar-refractivity contribution in [2.24, 2.45) is 0 Å². The summed E-state index contributed by atoms with van der Waals surface area (Å²) in [6.45, 7) is -0.368. The van der Waals surface area contributed by atoms with E-state index >= 15 is 0 Å². The predicted molar refractivity (Wildman–Crippen MR) is 109 cm³/mol. The molecule has 0 atom stereocenters. The van der Waals surface area contributed by atoms with Crippen molar-refractivity contribution in [3.8, 4) is 0 Å². The van der Waals surface area contributed by atoms with E-state index in [4.69, 9.17) is 0 Å². The molecule has 0 fully saturated rings. The molecular weight excluding hydrogens is 434 g/mol. The second-order valence-corrected chi connectivity index (χ2v) is 7.16. The van der Waals surface area contributed by atoms with E-state index < -0.39 is 23.7 Å². The minimum absolute atomic E-state index is 0.184. The first-order valence-corrected chi connectivity index (χ1v) is 9.56. The second kappa shape index (κ2) is 8.18. The van der Waals surface area contributed by atoms with Crippen LogP contribution < -0.4 is 9.80 Å². The Kier molecular flexibility index (Phi) is 5.53. The lowest BCUT2D eigenvalue weighted by Gasteiger charge is -2.24. The monoisotopic (exact) mass is 452 g/mol. The summed E-state index contributed by atoms with van der Waals surface area (Å²) in [5.74, 6) is 0. The van der Waals surface area contributed by atoms with Crippen LogP contribution in [0.3, 0.4) is 0 Å². The minimum Gasteiger partial charge on any atom is -0.327 e. The fourth-order valence-electron chi connectivity index (χ4n) is 3.45. The zero-order valence-corrected chi connectivity index (χ0v) is 16.6. The summed E-state index contributed by atoms with van der Waals surface area (Å²) in [6, 6.07) is 16.9. The largest absolute Gasteiger partial charge is 0.432 e. The SMILES string of the molecule is FC(F)(F)C1=CN(c2ccccc2)CN1/C=C\N1CN(c2ccccc2)C=C1C(F)(F)F. The third-order valence-electron chi connectivity index (χ3n) is 4.97. The number of nitrogens with zero attached hydrogens (tertiary/aromatic N) is 4. The van der Waals surface area contributed by atoms with Gasteiger partial charge in [-0.3, -0.25) is 0 Å². The van der Waals surface area contributed by atoms with Crippen LogP contribution >= 0.6 is 0 Å². The number of anilines is 2. The molecule has 0 amide bonds. The van der Waals surface area contributed by atoms with Gasteiger partial charge >= 0.3 is 12.4 Å². The molecule has 32 heavy (non-hydrogen) atoms. The van der Waals surface area contributed by atoms with Crippen LogP contribution in [0.1, 0.15) is 0 Å². The molecule has 0 saturated carbocycles. The molecule has 0 radical (unpaired) electrons. The summed E-state index contributed by atoms with van der Waals surface area (Å²) in [7, 11) is 0. The minimum atomic E-state index is -4.67. The van der Waals surface area contributed by atoms with E-state index in [0.29, 0.717) is 11.4 Å². The number of benzene rings is 2.